The van der Waals surface area contributed by atoms with Crippen LogP contribution in [-0.2, 0) is 17.5 Å². The quantitative estimate of drug-likeness (QED) is 0.796. The highest BCUT2D eigenvalue weighted by molar-refractivity contribution is 5.78. The Balaban J connectivity index is 1.43. The third-order valence-electron chi connectivity index (χ3n) is 5.20. The lowest BCUT2D eigenvalue weighted by Crippen LogP contribution is -2.49. The Morgan fingerprint density at radius 1 is 0.966 bits per heavy atom. The van der Waals surface area contributed by atoms with Gasteiger partial charge in [0.25, 0.3) is 0 Å². The SMILES string of the molecule is CC(NC(=O)CN1CCN(Cc2ccccc2)CC1)c1ccc(C(F)(F)F)cc1. The van der Waals surface area contributed by atoms with E-state index in [1.165, 1.54) is 17.7 Å². The molecule has 1 amide bonds. The van der Waals surface area contributed by atoms with Crippen molar-refractivity contribution < 1.29 is 18.0 Å². The summed E-state index contributed by atoms with van der Waals surface area (Å²) in [6.07, 6.45) is -4.35. The fourth-order valence-electron chi connectivity index (χ4n) is 3.48. The molecule has 1 atom stereocenters. The first kappa shape index (κ1) is 21.3. The van der Waals surface area contributed by atoms with Crippen LogP contribution in [0.4, 0.5) is 13.2 Å². The zero-order valence-corrected chi connectivity index (χ0v) is 16.5. The summed E-state index contributed by atoms with van der Waals surface area (Å²) < 4.78 is 38.0. The first-order chi connectivity index (χ1) is 13.8. The average Bonchev–Trinajstić information content (AvgIpc) is 2.69. The molecule has 1 saturated heterocycles. The van der Waals surface area contributed by atoms with Crippen molar-refractivity contribution in [2.24, 2.45) is 0 Å². The van der Waals surface area contributed by atoms with E-state index in [9.17, 15) is 18.0 Å². The second-order valence-electron chi connectivity index (χ2n) is 7.45. The van der Waals surface area contributed by atoms with E-state index in [2.05, 4.69) is 27.2 Å². The van der Waals surface area contributed by atoms with Crippen LogP contribution in [0.3, 0.4) is 0 Å². The maximum absolute atomic E-state index is 12.7. The van der Waals surface area contributed by atoms with Crippen LogP contribution in [0.5, 0.6) is 0 Å². The first-order valence-electron chi connectivity index (χ1n) is 9.76. The predicted octanol–water partition coefficient (Wildman–Crippen LogP) is 3.70. The number of rotatable bonds is 6. The molecular formula is C22H26F3N3O. The van der Waals surface area contributed by atoms with Gasteiger partial charge in [-0.1, -0.05) is 42.5 Å². The van der Waals surface area contributed by atoms with Crippen molar-refractivity contribution in [3.63, 3.8) is 0 Å². The van der Waals surface area contributed by atoms with Crippen LogP contribution in [0.2, 0.25) is 0 Å². The van der Waals surface area contributed by atoms with Gasteiger partial charge in [0.05, 0.1) is 18.2 Å². The number of halogens is 3. The number of hydrogen-bond donors (Lipinski definition) is 1. The molecule has 0 radical (unpaired) electrons. The van der Waals surface area contributed by atoms with Gasteiger partial charge in [-0.05, 0) is 30.2 Å². The normalized spacial score (nSPS) is 17.1. The molecule has 0 spiro atoms. The van der Waals surface area contributed by atoms with Crippen molar-refractivity contribution in [1.29, 1.82) is 0 Å². The highest BCUT2D eigenvalue weighted by Gasteiger charge is 2.30. The second kappa shape index (κ2) is 9.41. The summed E-state index contributed by atoms with van der Waals surface area (Å²) >= 11 is 0. The van der Waals surface area contributed by atoms with Crippen molar-refractivity contribution in [3.8, 4) is 0 Å². The topological polar surface area (TPSA) is 35.6 Å². The summed E-state index contributed by atoms with van der Waals surface area (Å²) in [5.41, 5.74) is 1.25. The van der Waals surface area contributed by atoms with Crippen LogP contribution >= 0.6 is 0 Å². The molecule has 0 bridgehead atoms. The molecule has 1 heterocycles. The predicted molar refractivity (Wildman–Crippen MR) is 106 cm³/mol. The summed E-state index contributed by atoms with van der Waals surface area (Å²) in [5, 5.41) is 2.88. The van der Waals surface area contributed by atoms with E-state index in [1.54, 1.807) is 6.92 Å². The van der Waals surface area contributed by atoms with Gasteiger partial charge in [0.15, 0.2) is 0 Å². The third-order valence-corrected chi connectivity index (χ3v) is 5.20. The number of amides is 1. The van der Waals surface area contributed by atoms with Crippen molar-refractivity contribution in [2.75, 3.05) is 32.7 Å². The molecule has 4 nitrogen and oxygen atoms in total. The maximum atomic E-state index is 12.7. The van der Waals surface area contributed by atoms with Crippen LogP contribution in [0.1, 0.15) is 29.7 Å². The van der Waals surface area contributed by atoms with Crippen molar-refractivity contribution in [3.05, 3.63) is 71.3 Å². The highest BCUT2D eigenvalue weighted by atomic mass is 19.4. The molecule has 7 heteroatoms. The Labute approximate surface area is 169 Å². The number of benzene rings is 2. The van der Waals surface area contributed by atoms with Gasteiger partial charge in [-0.2, -0.15) is 13.2 Å². The largest absolute Gasteiger partial charge is 0.416 e. The van der Waals surface area contributed by atoms with Gasteiger partial charge in [0.2, 0.25) is 5.91 Å². The summed E-state index contributed by atoms with van der Waals surface area (Å²) in [6.45, 7) is 6.41. The first-order valence-corrected chi connectivity index (χ1v) is 9.76. The van der Waals surface area contributed by atoms with Gasteiger partial charge >= 0.3 is 6.18 Å². The molecule has 156 valence electrons. The Morgan fingerprint density at radius 2 is 1.55 bits per heavy atom. The molecule has 0 aliphatic carbocycles. The highest BCUT2D eigenvalue weighted by Crippen LogP contribution is 2.29. The summed E-state index contributed by atoms with van der Waals surface area (Å²) in [5.74, 6) is -0.117. The molecule has 2 aromatic carbocycles. The van der Waals surface area contributed by atoms with Gasteiger partial charge < -0.3 is 5.32 Å². The number of alkyl halides is 3. The molecule has 2 aromatic rings. The molecule has 3 rings (SSSR count). The maximum Gasteiger partial charge on any atom is 0.416 e. The minimum atomic E-state index is -4.35. The smallest absolute Gasteiger partial charge is 0.348 e. The third kappa shape index (κ3) is 6.30. The minimum absolute atomic E-state index is 0.117. The Bertz CT molecular complexity index is 785. The molecule has 1 N–H and O–H groups in total. The molecule has 1 unspecified atom stereocenters. The van der Waals surface area contributed by atoms with Crippen LogP contribution in [0, 0.1) is 0 Å². The van der Waals surface area contributed by atoms with E-state index in [0.29, 0.717) is 12.1 Å². The average molecular weight is 405 g/mol. The van der Waals surface area contributed by atoms with Gasteiger partial charge in [-0.3, -0.25) is 14.6 Å². The summed E-state index contributed by atoms with van der Waals surface area (Å²) in [6, 6.07) is 14.9. The number of carbonyl (C=O) groups is 1. The van der Waals surface area contributed by atoms with Gasteiger partial charge in [0, 0.05) is 32.7 Å². The van der Waals surface area contributed by atoms with Gasteiger partial charge in [-0.25, -0.2) is 0 Å². The van der Waals surface area contributed by atoms with Gasteiger partial charge in [0.1, 0.15) is 0 Å². The van der Waals surface area contributed by atoms with E-state index in [1.807, 2.05) is 18.2 Å². The number of hydrogen-bond acceptors (Lipinski definition) is 3. The molecule has 1 aliphatic heterocycles. The van der Waals surface area contributed by atoms with Crippen LogP contribution < -0.4 is 5.32 Å². The molecule has 1 aliphatic rings. The Morgan fingerprint density at radius 3 is 2.14 bits per heavy atom. The minimum Gasteiger partial charge on any atom is -0.348 e. The molecule has 0 aromatic heterocycles. The van der Waals surface area contributed by atoms with E-state index in [-0.39, 0.29) is 11.9 Å². The number of carbonyl (C=O) groups excluding carboxylic acids is 1. The Kier molecular flexibility index (Phi) is 6.92. The van der Waals surface area contributed by atoms with E-state index < -0.39 is 11.7 Å². The fourth-order valence-corrected chi connectivity index (χ4v) is 3.48. The van der Waals surface area contributed by atoms with Crippen molar-refractivity contribution in [2.45, 2.75) is 25.7 Å². The van der Waals surface area contributed by atoms with Crippen molar-refractivity contribution >= 4 is 5.91 Å². The van der Waals surface area contributed by atoms with E-state index >= 15 is 0 Å². The zero-order chi connectivity index (χ0) is 20.9. The summed E-state index contributed by atoms with van der Waals surface area (Å²) in [4.78, 5) is 16.8. The lowest BCUT2D eigenvalue weighted by atomic mass is 10.1. The number of nitrogens with zero attached hydrogens (tertiary/aromatic N) is 2. The van der Waals surface area contributed by atoms with Crippen LogP contribution in [0.25, 0.3) is 0 Å². The number of nitrogens with one attached hydrogen (secondary N) is 1. The van der Waals surface area contributed by atoms with Gasteiger partial charge in [-0.15, -0.1) is 0 Å². The molecule has 0 saturated carbocycles. The zero-order valence-electron chi connectivity index (χ0n) is 16.5. The second-order valence-corrected chi connectivity index (χ2v) is 7.45. The molecule has 1 fully saturated rings. The number of piperazine rings is 1. The molecular weight excluding hydrogens is 379 g/mol. The Hall–Kier alpha value is -2.38. The standard InChI is InChI=1S/C22H26F3N3O/c1-17(19-7-9-20(10-8-19)22(23,24)25)26-21(29)16-28-13-11-27(12-14-28)15-18-5-3-2-4-6-18/h2-10,17H,11-16H2,1H3,(H,26,29). The van der Waals surface area contributed by atoms with Crippen LogP contribution in [0.15, 0.2) is 54.6 Å². The lowest BCUT2D eigenvalue weighted by molar-refractivity contribution is -0.137. The summed E-state index contributed by atoms with van der Waals surface area (Å²) in [7, 11) is 0. The molecule has 29 heavy (non-hydrogen) atoms. The van der Waals surface area contributed by atoms with E-state index in [0.717, 1.165) is 44.9 Å². The lowest BCUT2D eigenvalue weighted by Gasteiger charge is -2.34. The monoisotopic (exact) mass is 405 g/mol. The van der Waals surface area contributed by atoms with Crippen LogP contribution in [-0.4, -0.2) is 48.4 Å². The van der Waals surface area contributed by atoms with E-state index in [4.69, 9.17) is 0 Å². The van der Waals surface area contributed by atoms with Crippen molar-refractivity contribution in [1.82, 2.24) is 15.1 Å². The fraction of sp³-hybridized carbons (Fsp3) is 0.409.